The number of nitriles is 1. The Labute approximate surface area is 170 Å². The third-order valence-electron chi connectivity index (χ3n) is 4.57. The lowest BCUT2D eigenvalue weighted by molar-refractivity contribution is -0.135. The molecule has 4 rings (SSSR count). The number of aromatic nitrogens is 1. The second-order valence-corrected chi connectivity index (χ2v) is 6.52. The van der Waals surface area contributed by atoms with Gasteiger partial charge in [0.05, 0.1) is 6.61 Å². The Morgan fingerprint density at radius 3 is 2.73 bits per heavy atom. The van der Waals surface area contributed by atoms with Crippen LogP contribution in [0, 0.1) is 11.3 Å². The molecule has 0 bridgehead atoms. The molecule has 1 aliphatic heterocycles. The predicted octanol–water partition coefficient (Wildman–Crippen LogP) is 2.35. The van der Waals surface area contributed by atoms with Crippen molar-refractivity contribution in [2.75, 3.05) is 13.2 Å². The van der Waals surface area contributed by atoms with Crippen molar-refractivity contribution in [3.63, 3.8) is 0 Å². The van der Waals surface area contributed by atoms with E-state index >= 15 is 0 Å². The Bertz CT molecular complexity index is 1230. The SMILES string of the molecule is N#Cc1nc(C(=O)NCC(=O)O)c(O)c2cc(Oc3ccc4c(c3)CCO4)ccc12. The van der Waals surface area contributed by atoms with Crippen LogP contribution in [0.15, 0.2) is 36.4 Å². The second kappa shape index (κ2) is 7.60. The fourth-order valence-corrected chi connectivity index (χ4v) is 3.19. The zero-order valence-corrected chi connectivity index (χ0v) is 15.5. The molecule has 0 aliphatic carbocycles. The molecule has 1 aliphatic rings. The number of hydrogen-bond acceptors (Lipinski definition) is 7. The van der Waals surface area contributed by atoms with Crippen molar-refractivity contribution in [1.29, 1.82) is 5.26 Å². The molecule has 0 saturated carbocycles. The first-order valence-electron chi connectivity index (χ1n) is 8.96. The van der Waals surface area contributed by atoms with Crippen LogP contribution >= 0.6 is 0 Å². The van der Waals surface area contributed by atoms with Crippen LogP contribution in [0.5, 0.6) is 23.0 Å². The van der Waals surface area contributed by atoms with Crippen molar-refractivity contribution < 1.29 is 29.3 Å². The number of nitrogens with one attached hydrogen (secondary N) is 1. The van der Waals surface area contributed by atoms with E-state index in [0.717, 1.165) is 17.7 Å². The van der Waals surface area contributed by atoms with Crippen LogP contribution in [-0.4, -0.2) is 40.2 Å². The first-order valence-corrected chi connectivity index (χ1v) is 8.96. The Morgan fingerprint density at radius 2 is 1.97 bits per heavy atom. The summed E-state index contributed by atoms with van der Waals surface area (Å²) >= 11 is 0. The van der Waals surface area contributed by atoms with Gasteiger partial charge in [0.2, 0.25) is 0 Å². The van der Waals surface area contributed by atoms with Crippen molar-refractivity contribution in [3.05, 3.63) is 53.3 Å². The molecule has 150 valence electrons. The number of rotatable bonds is 5. The molecule has 0 atom stereocenters. The number of fused-ring (bicyclic) bond motifs is 2. The van der Waals surface area contributed by atoms with Crippen LogP contribution in [0.1, 0.15) is 21.7 Å². The summed E-state index contributed by atoms with van der Waals surface area (Å²) < 4.78 is 11.3. The van der Waals surface area contributed by atoms with Crippen LogP contribution in [-0.2, 0) is 11.2 Å². The van der Waals surface area contributed by atoms with Gasteiger partial charge in [-0.2, -0.15) is 5.26 Å². The molecule has 0 unspecified atom stereocenters. The molecule has 1 amide bonds. The van der Waals surface area contributed by atoms with Gasteiger partial charge in [0.15, 0.2) is 11.4 Å². The molecule has 2 heterocycles. The van der Waals surface area contributed by atoms with Gasteiger partial charge in [0, 0.05) is 22.8 Å². The standard InChI is InChI=1S/C21H15N3O6/c22-9-16-14-3-1-13(30-12-2-4-17-11(7-12)5-6-29-17)8-15(14)20(27)19(24-16)21(28)23-10-18(25)26/h1-4,7-8,27H,5-6,10H2,(H,23,28)(H,25,26). The van der Waals surface area contributed by atoms with E-state index in [2.05, 4.69) is 10.3 Å². The Balaban J connectivity index is 1.72. The number of ether oxygens (including phenoxy) is 2. The van der Waals surface area contributed by atoms with Gasteiger partial charge in [0.25, 0.3) is 5.91 Å². The van der Waals surface area contributed by atoms with Gasteiger partial charge in [-0.05, 0) is 36.4 Å². The maximum absolute atomic E-state index is 12.2. The number of nitrogens with zero attached hydrogens (tertiary/aromatic N) is 2. The minimum absolute atomic E-state index is 0.0792. The smallest absolute Gasteiger partial charge is 0.322 e. The third kappa shape index (κ3) is 3.54. The van der Waals surface area contributed by atoms with E-state index in [9.17, 15) is 20.0 Å². The highest BCUT2D eigenvalue weighted by Crippen LogP contribution is 2.35. The quantitative estimate of drug-likeness (QED) is 0.587. The summed E-state index contributed by atoms with van der Waals surface area (Å²) in [4.78, 5) is 26.8. The normalized spacial score (nSPS) is 12.0. The molecule has 3 N–H and O–H groups in total. The first kappa shape index (κ1) is 19.0. The van der Waals surface area contributed by atoms with E-state index in [4.69, 9.17) is 14.6 Å². The minimum Gasteiger partial charge on any atom is -0.505 e. The maximum Gasteiger partial charge on any atom is 0.322 e. The summed E-state index contributed by atoms with van der Waals surface area (Å²) in [6, 6.07) is 12.0. The summed E-state index contributed by atoms with van der Waals surface area (Å²) in [6.45, 7) is -0.0235. The van der Waals surface area contributed by atoms with E-state index in [1.54, 1.807) is 18.2 Å². The number of carboxylic acid groups (broad SMARTS) is 1. The van der Waals surface area contributed by atoms with E-state index in [1.807, 2.05) is 18.2 Å². The lowest BCUT2D eigenvalue weighted by atomic mass is 10.1. The molecule has 0 radical (unpaired) electrons. The number of benzene rings is 2. The van der Waals surface area contributed by atoms with Crippen molar-refractivity contribution >= 4 is 22.6 Å². The molecule has 30 heavy (non-hydrogen) atoms. The largest absolute Gasteiger partial charge is 0.505 e. The molecule has 3 aromatic rings. The molecule has 9 nitrogen and oxygen atoms in total. The summed E-state index contributed by atoms with van der Waals surface area (Å²) in [5.74, 6) is -0.853. The van der Waals surface area contributed by atoms with E-state index in [-0.39, 0.29) is 11.1 Å². The van der Waals surface area contributed by atoms with Crippen LogP contribution in [0.2, 0.25) is 0 Å². The van der Waals surface area contributed by atoms with Crippen LogP contribution < -0.4 is 14.8 Å². The van der Waals surface area contributed by atoms with Crippen molar-refractivity contribution in [3.8, 4) is 29.1 Å². The minimum atomic E-state index is -1.25. The zero-order chi connectivity index (χ0) is 21.3. The number of aliphatic carboxylic acids is 1. The Kier molecular flexibility index (Phi) is 4.82. The lowest BCUT2D eigenvalue weighted by Gasteiger charge is -2.11. The van der Waals surface area contributed by atoms with Crippen LogP contribution in [0.25, 0.3) is 10.8 Å². The number of pyridine rings is 1. The van der Waals surface area contributed by atoms with Crippen molar-refractivity contribution in [2.24, 2.45) is 0 Å². The topological polar surface area (TPSA) is 142 Å². The zero-order valence-electron chi connectivity index (χ0n) is 15.5. The van der Waals surface area contributed by atoms with Gasteiger partial charge in [-0.3, -0.25) is 9.59 Å². The number of aromatic hydroxyl groups is 1. The number of amides is 1. The van der Waals surface area contributed by atoms with Gasteiger partial charge >= 0.3 is 5.97 Å². The predicted molar refractivity (Wildman–Crippen MR) is 104 cm³/mol. The van der Waals surface area contributed by atoms with Gasteiger partial charge in [0.1, 0.15) is 35.6 Å². The fraction of sp³-hybridized carbons (Fsp3) is 0.143. The highest BCUT2D eigenvalue weighted by molar-refractivity contribution is 6.04. The molecule has 9 heteroatoms. The highest BCUT2D eigenvalue weighted by Gasteiger charge is 2.20. The molecule has 0 saturated heterocycles. The highest BCUT2D eigenvalue weighted by atomic mass is 16.5. The average molecular weight is 405 g/mol. The second-order valence-electron chi connectivity index (χ2n) is 6.52. The van der Waals surface area contributed by atoms with Gasteiger partial charge in [-0.15, -0.1) is 0 Å². The van der Waals surface area contributed by atoms with Crippen molar-refractivity contribution in [1.82, 2.24) is 10.3 Å². The van der Waals surface area contributed by atoms with E-state index < -0.39 is 29.9 Å². The molecular formula is C21H15N3O6. The average Bonchev–Trinajstić information content (AvgIpc) is 3.20. The van der Waals surface area contributed by atoms with Crippen LogP contribution in [0.4, 0.5) is 0 Å². The summed E-state index contributed by atoms with van der Waals surface area (Å²) in [7, 11) is 0. The van der Waals surface area contributed by atoms with Gasteiger partial charge < -0.3 is 25.0 Å². The molecule has 0 spiro atoms. The van der Waals surface area contributed by atoms with Gasteiger partial charge in [-0.1, -0.05) is 0 Å². The molecule has 2 aromatic carbocycles. The molecule has 0 fully saturated rings. The van der Waals surface area contributed by atoms with Crippen LogP contribution in [0.3, 0.4) is 0 Å². The van der Waals surface area contributed by atoms with E-state index in [0.29, 0.717) is 23.5 Å². The number of carboxylic acids is 1. The monoisotopic (exact) mass is 405 g/mol. The molecule has 1 aromatic heterocycles. The summed E-state index contributed by atoms with van der Waals surface area (Å²) in [5.41, 5.74) is 0.515. The van der Waals surface area contributed by atoms with Gasteiger partial charge in [-0.25, -0.2) is 4.98 Å². The van der Waals surface area contributed by atoms with Crippen molar-refractivity contribution in [2.45, 2.75) is 6.42 Å². The first-order chi connectivity index (χ1) is 14.5. The third-order valence-corrected chi connectivity index (χ3v) is 4.57. The number of carbonyl (C=O) groups is 2. The number of carbonyl (C=O) groups excluding carboxylic acids is 1. The summed E-state index contributed by atoms with van der Waals surface area (Å²) in [6.07, 6.45) is 0.789. The Morgan fingerprint density at radius 1 is 1.20 bits per heavy atom. The molecular weight excluding hydrogens is 390 g/mol. The number of hydrogen-bond donors (Lipinski definition) is 3. The lowest BCUT2D eigenvalue weighted by Crippen LogP contribution is -2.30. The Hall–Kier alpha value is -4.32. The maximum atomic E-state index is 12.2. The fourth-order valence-electron chi connectivity index (χ4n) is 3.19. The summed E-state index contributed by atoms with van der Waals surface area (Å²) in [5, 5.41) is 31.3. The van der Waals surface area contributed by atoms with E-state index in [1.165, 1.54) is 6.07 Å².